The fraction of sp³-hybridized carbons (Fsp3) is 0.929. The lowest BCUT2D eigenvalue weighted by molar-refractivity contribution is -0.114. The molecule has 1 N–H and O–H groups in total. The fourth-order valence-corrected chi connectivity index (χ4v) is 2.27. The van der Waals surface area contributed by atoms with Crippen molar-refractivity contribution in [2.75, 3.05) is 0 Å². The molecule has 0 radical (unpaired) electrons. The summed E-state index contributed by atoms with van der Waals surface area (Å²) in [5.41, 5.74) is 0. The molecule has 0 fully saturated rings. The minimum Gasteiger partial charge on any atom is -0.393 e. The second kappa shape index (κ2) is 11.1. The van der Waals surface area contributed by atoms with Crippen LogP contribution >= 0.6 is 12.6 Å². The molecule has 0 aliphatic rings. The first kappa shape index (κ1) is 17.0. The van der Waals surface area contributed by atoms with E-state index in [0.29, 0.717) is 0 Å². The van der Waals surface area contributed by atoms with Crippen molar-refractivity contribution in [1.82, 2.24) is 0 Å². The van der Waals surface area contributed by atoms with Crippen molar-refractivity contribution in [3.63, 3.8) is 0 Å². The van der Waals surface area contributed by atoms with Gasteiger partial charge in [-0.15, -0.1) is 12.6 Å². The molecule has 0 heterocycles. The smallest absolute Gasteiger partial charge is 0.188 e. The molecule has 3 heteroatoms. The van der Waals surface area contributed by atoms with Gasteiger partial charge < -0.3 is 5.11 Å². The summed E-state index contributed by atoms with van der Waals surface area (Å²) in [4.78, 5) is 11.3. The van der Waals surface area contributed by atoms with Gasteiger partial charge in [0.05, 0.1) is 6.10 Å². The van der Waals surface area contributed by atoms with Crippen molar-refractivity contribution in [1.29, 1.82) is 0 Å². The number of unbranched alkanes of at least 4 members (excludes halogenated alkanes) is 3. The van der Waals surface area contributed by atoms with E-state index in [4.69, 9.17) is 0 Å². The average Bonchev–Trinajstić information content (AvgIpc) is 2.29. The van der Waals surface area contributed by atoms with E-state index >= 15 is 0 Å². The van der Waals surface area contributed by atoms with Crippen LogP contribution in [0.1, 0.15) is 71.6 Å². The summed E-state index contributed by atoms with van der Waals surface area (Å²) in [5, 5.41) is 9.78. The molecule has 0 saturated heterocycles. The maximum absolute atomic E-state index is 11.3. The molecule has 2 unspecified atom stereocenters. The summed E-state index contributed by atoms with van der Waals surface area (Å²) < 4.78 is 0. The Hall–Kier alpha value is -0.0200. The van der Waals surface area contributed by atoms with Gasteiger partial charge in [-0.05, 0) is 25.7 Å². The van der Waals surface area contributed by atoms with Gasteiger partial charge in [-0.3, -0.25) is 4.79 Å². The number of hydrogen-bond donors (Lipinski definition) is 2. The van der Waals surface area contributed by atoms with Crippen LogP contribution in [-0.2, 0) is 4.79 Å². The lowest BCUT2D eigenvalue weighted by atomic mass is 9.95. The molecule has 0 aromatic heterocycles. The number of carbonyl (C=O) groups excluding carboxylic acids is 1. The third-order valence-electron chi connectivity index (χ3n) is 3.24. The van der Waals surface area contributed by atoms with E-state index in [1.165, 1.54) is 12.8 Å². The minimum atomic E-state index is -0.238. The average molecular weight is 260 g/mol. The molecular weight excluding hydrogens is 232 g/mol. The molecule has 2 nitrogen and oxygen atoms in total. The first-order chi connectivity index (χ1) is 8.11. The van der Waals surface area contributed by atoms with Crippen LogP contribution in [0.5, 0.6) is 0 Å². The molecule has 0 aromatic carbocycles. The second-order valence-electron chi connectivity index (χ2n) is 4.90. The number of thiol groups is 1. The van der Waals surface area contributed by atoms with Crippen molar-refractivity contribution in [2.24, 2.45) is 5.92 Å². The van der Waals surface area contributed by atoms with E-state index in [-0.39, 0.29) is 17.1 Å². The Labute approximate surface area is 112 Å². The SMILES string of the molecule is CCCCCC(O)CCC(CCCC)C(=O)S. The normalized spacial score (nSPS) is 14.6. The zero-order chi connectivity index (χ0) is 13.1. The Morgan fingerprint density at radius 1 is 1.00 bits per heavy atom. The number of hydrogen-bond acceptors (Lipinski definition) is 2. The van der Waals surface area contributed by atoms with E-state index in [2.05, 4.69) is 26.5 Å². The molecule has 0 rings (SSSR count). The highest BCUT2D eigenvalue weighted by Gasteiger charge is 2.16. The first-order valence-corrected chi connectivity index (χ1v) is 7.47. The number of aliphatic hydroxyl groups excluding tert-OH is 1. The largest absolute Gasteiger partial charge is 0.393 e. The number of aliphatic hydroxyl groups is 1. The van der Waals surface area contributed by atoms with Gasteiger partial charge in [0.15, 0.2) is 5.12 Å². The van der Waals surface area contributed by atoms with E-state index < -0.39 is 0 Å². The van der Waals surface area contributed by atoms with Crippen molar-refractivity contribution in [3.8, 4) is 0 Å². The third-order valence-corrected chi connectivity index (χ3v) is 3.61. The Bertz CT molecular complexity index is 195. The van der Waals surface area contributed by atoms with Crippen LogP contribution in [-0.4, -0.2) is 16.3 Å². The van der Waals surface area contributed by atoms with Crippen LogP contribution in [0.25, 0.3) is 0 Å². The van der Waals surface area contributed by atoms with Gasteiger partial charge >= 0.3 is 0 Å². The lowest BCUT2D eigenvalue weighted by Crippen LogP contribution is -2.14. The molecule has 0 aliphatic heterocycles. The fourth-order valence-electron chi connectivity index (χ4n) is 2.01. The molecule has 2 atom stereocenters. The zero-order valence-corrected chi connectivity index (χ0v) is 12.2. The summed E-state index contributed by atoms with van der Waals surface area (Å²) in [6.07, 6.45) is 8.71. The molecule has 102 valence electrons. The highest BCUT2D eigenvalue weighted by Crippen LogP contribution is 2.20. The predicted octanol–water partition coefficient (Wildman–Crippen LogP) is 3.97. The summed E-state index contributed by atoms with van der Waals surface area (Å²) in [6, 6.07) is 0. The van der Waals surface area contributed by atoms with Crippen molar-refractivity contribution in [3.05, 3.63) is 0 Å². The standard InChI is InChI=1S/C14H28O2S/c1-3-5-7-9-13(15)11-10-12(14(16)17)8-6-4-2/h12-13,15H,3-11H2,1-2H3,(H,16,17). The topological polar surface area (TPSA) is 37.3 Å². The minimum absolute atomic E-state index is 0.0146. The van der Waals surface area contributed by atoms with Crippen LogP contribution in [0.15, 0.2) is 0 Å². The quantitative estimate of drug-likeness (QED) is 0.436. The summed E-state index contributed by atoms with van der Waals surface area (Å²) in [5.74, 6) is 0.0408. The Kier molecular flexibility index (Phi) is 11.1. The van der Waals surface area contributed by atoms with Gasteiger partial charge in [0.25, 0.3) is 0 Å². The van der Waals surface area contributed by atoms with E-state index in [1.54, 1.807) is 0 Å². The van der Waals surface area contributed by atoms with Gasteiger partial charge in [0, 0.05) is 5.92 Å². The van der Waals surface area contributed by atoms with Crippen molar-refractivity contribution < 1.29 is 9.90 Å². The van der Waals surface area contributed by atoms with Gasteiger partial charge in [0.1, 0.15) is 0 Å². The highest BCUT2D eigenvalue weighted by molar-refractivity contribution is 7.96. The maximum atomic E-state index is 11.3. The third kappa shape index (κ3) is 9.66. The molecular formula is C14H28O2S. The summed E-state index contributed by atoms with van der Waals surface area (Å²) in [7, 11) is 0. The lowest BCUT2D eigenvalue weighted by Gasteiger charge is -2.15. The summed E-state index contributed by atoms with van der Waals surface area (Å²) in [6.45, 7) is 4.28. The number of rotatable bonds is 11. The number of carbonyl (C=O) groups is 1. The monoisotopic (exact) mass is 260 g/mol. The van der Waals surface area contributed by atoms with Gasteiger partial charge in [-0.25, -0.2) is 0 Å². The Morgan fingerprint density at radius 3 is 2.18 bits per heavy atom. The van der Waals surface area contributed by atoms with Crippen LogP contribution in [0, 0.1) is 5.92 Å². The molecule has 0 spiro atoms. The maximum Gasteiger partial charge on any atom is 0.188 e. The Morgan fingerprint density at radius 2 is 1.65 bits per heavy atom. The first-order valence-electron chi connectivity index (χ1n) is 7.02. The van der Waals surface area contributed by atoms with E-state index in [9.17, 15) is 9.90 Å². The van der Waals surface area contributed by atoms with Gasteiger partial charge in [-0.1, -0.05) is 46.0 Å². The molecule has 0 aromatic rings. The Balaban J connectivity index is 3.74. The highest BCUT2D eigenvalue weighted by atomic mass is 32.1. The molecule has 17 heavy (non-hydrogen) atoms. The van der Waals surface area contributed by atoms with Crippen molar-refractivity contribution >= 4 is 17.7 Å². The predicted molar refractivity (Wildman–Crippen MR) is 76.4 cm³/mol. The van der Waals surface area contributed by atoms with Gasteiger partial charge in [0.2, 0.25) is 0 Å². The van der Waals surface area contributed by atoms with E-state index in [0.717, 1.165) is 44.9 Å². The van der Waals surface area contributed by atoms with Crippen LogP contribution in [0.3, 0.4) is 0 Å². The van der Waals surface area contributed by atoms with Crippen LogP contribution in [0.4, 0.5) is 0 Å². The molecule has 0 aliphatic carbocycles. The van der Waals surface area contributed by atoms with Gasteiger partial charge in [-0.2, -0.15) is 0 Å². The second-order valence-corrected chi connectivity index (χ2v) is 5.35. The molecule has 0 amide bonds. The molecule has 0 bridgehead atoms. The summed E-state index contributed by atoms with van der Waals surface area (Å²) >= 11 is 3.93. The zero-order valence-electron chi connectivity index (χ0n) is 11.3. The van der Waals surface area contributed by atoms with Crippen LogP contribution in [0.2, 0.25) is 0 Å². The van der Waals surface area contributed by atoms with E-state index in [1.807, 2.05) is 0 Å². The van der Waals surface area contributed by atoms with Crippen LogP contribution < -0.4 is 0 Å². The van der Waals surface area contributed by atoms with Crippen molar-refractivity contribution in [2.45, 2.75) is 77.7 Å². The molecule has 0 saturated carbocycles.